The van der Waals surface area contributed by atoms with Crippen LogP contribution < -0.4 is 15.2 Å². The van der Waals surface area contributed by atoms with Crippen molar-refractivity contribution in [2.24, 2.45) is 5.73 Å². The summed E-state index contributed by atoms with van der Waals surface area (Å²) in [4.78, 5) is 15.3. The Bertz CT molecular complexity index is 891. The van der Waals surface area contributed by atoms with E-state index in [-0.39, 0.29) is 24.9 Å². The van der Waals surface area contributed by atoms with E-state index in [9.17, 15) is 4.79 Å². The molecule has 7 heteroatoms. The van der Waals surface area contributed by atoms with E-state index in [1.807, 2.05) is 30.5 Å². The molecular formula is C16H14ClN3O3. The van der Waals surface area contributed by atoms with Gasteiger partial charge in [-0.3, -0.25) is 4.79 Å². The fourth-order valence-corrected chi connectivity index (χ4v) is 2.60. The highest BCUT2D eigenvalue weighted by Gasteiger charge is 2.14. The molecule has 3 heterocycles. The lowest BCUT2D eigenvalue weighted by Crippen LogP contribution is -2.12. The molecule has 1 aliphatic heterocycles. The molecule has 0 atom stereocenters. The number of carbonyl (C=O) groups excluding carboxylic acids is 1. The van der Waals surface area contributed by atoms with E-state index in [4.69, 9.17) is 15.2 Å². The number of aromatic nitrogens is 2. The van der Waals surface area contributed by atoms with Crippen molar-refractivity contribution in [1.82, 2.24) is 9.55 Å². The van der Waals surface area contributed by atoms with Gasteiger partial charge >= 0.3 is 0 Å². The first-order valence-electron chi connectivity index (χ1n) is 6.84. The standard InChI is InChI=1S/C16H13N3O3.ClH/c17-16(20)12-6-11-3-4-19(13(11)7-18-12)8-10-1-2-14-15(5-10)22-9-21-14;/h1-7H,8-9H2,(H2,17,20);1H. The van der Waals surface area contributed by atoms with Gasteiger partial charge in [0.1, 0.15) is 5.69 Å². The SMILES string of the molecule is Cl.NC(=O)c1cc2ccn(Cc3ccc4c(c3)OCO4)c2cn1. The lowest BCUT2D eigenvalue weighted by atomic mass is 10.2. The molecule has 118 valence electrons. The first kappa shape index (κ1) is 15.2. The normalized spacial score (nSPS) is 12.2. The average molecular weight is 332 g/mol. The highest BCUT2D eigenvalue weighted by molar-refractivity contribution is 5.94. The molecule has 2 aromatic heterocycles. The van der Waals surface area contributed by atoms with Crippen molar-refractivity contribution >= 4 is 29.2 Å². The molecule has 2 N–H and O–H groups in total. The third kappa shape index (κ3) is 2.68. The number of benzene rings is 1. The number of fused-ring (bicyclic) bond motifs is 2. The summed E-state index contributed by atoms with van der Waals surface area (Å²) in [5, 5.41) is 0.935. The van der Waals surface area contributed by atoms with Crippen LogP contribution in [0.25, 0.3) is 10.9 Å². The van der Waals surface area contributed by atoms with Crippen molar-refractivity contribution in [2.45, 2.75) is 6.54 Å². The van der Waals surface area contributed by atoms with Crippen LogP contribution in [0.3, 0.4) is 0 Å². The number of ether oxygens (including phenoxy) is 2. The summed E-state index contributed by atoms with van der Waals surface area (Å²) in [6.45, 7) is 0.947. The lowest BCUT2D eigenvalue weighted by Gasteiger charge is -2.07. The van der Waals surface area contributed by atoms with E-state index in [2.05, 4.69) is 9.55 Å². The summed E-state index contributed by atoms with van der Waals surface area (Å²) < 4.78 is 12.8. The molecule has 4 rings (SSSR count). The van der Waals surface area contributed by atoms with Crippen LogP contribution in [-0.4, -0.2) is 22.3 Å². The summed E-state index contributed by atoms with van der Waals surface area (Å²) in [7, 11) is 0. The number of pyridine rings is 1. The third-order valence-electron chi connectivity index (χ3n) is 3.70. The summed E-state index contributed by atoms with van der Waals surface area (Å²) >= 11 is 0. The van der Waals surface area contributed by atoms with Gasteiger partial charge in [-0.15, -0.1) is 12.4 Å². The van der Waals surface area contributed by atoms with Crippen molar-refractivity contribution in [2.75, 3.05) is 6.79 Å². The second-order valence-corrected chi connectivity index (χ2v) is 5.12. The predicted octanol–water partition coefficient (Wildman–Crippen LogP) is 2.33. The van der Waals surface area contributed by atoms with Crippen molar-refractivity contribution in [3.8, 4) is 11.5 Å². The van der Waals surface area contributed by atoms with Crippen LogP contribution >= 0.6 is 12.4 Å². The number of hydrogen-bond acceptors (Lipinski definition) is 4. The summed E-state index contributed by atoms with van der Waals surface area (Å²) in [5.41, 5.74) is 7.57. The van der Waals surface area contributed by atoms with E-state index in [0.717, 1.165) is 28.0 Å². The topological polar surface area (TPSA) is 79.4 Å². The van der Waals surface area contributed by atoms with E-state index < -0.39 is 5.91 Å². The molecule has 6 nitrogen and oxygen atoms in total. The minimum atomic E-state index is -0.523. The number of nitrogens with two attached hydrogens (primary N) is 1. The molecular weight excluding hydrogens is 318 g/mol. The predicted molar refractivity (Wildman–Crippen MR) is 87.2 cm³/mol. The smallest absolute Gasteiger partial charge is 0.267 e. The highest BCUT2D eigenvalue weighted by atomic mass is 35.5. The van der Waals surface area contributed by atoms with Gasteiger partial charge in [-0.2, -0.15) is 0 Å². The zero-order chi connectivity index (χ0) is 15.1. The Hall–Kier alpha value is -2.73. The van der Waals surface area contributed by atoms with Gasteiger partial charge in [0.25, 0.3) is 5.91 Å². The van der Waals surface area contributed by atoms with Crippen LogP contribution in [0.2, 0.25) is 0 Å². The Morgan fingerprint density at radius 2 is 2.04 bits per heavy atom. The summed E-state index contributed by atoms with van der Waals surface area (Å²) in [5.74, 6) is 1.02. The number of halogens is 1. The average Bonchev–Trinajstić information content (AvgIpc) is 3.13. The maximum absolute atomic E-state index is 11.2. The minimum absolute atomic E-state index is 0. The molecule has 1 amide bonds. The molecule has 1 aliphatic rings. The molecule has 0 fully saturated rings. The molecule has 1 aromatic carbocycles. The van der Waals surface area contributed by atoms with Crippen LogP contribution in [0, 0.1) is 0 Å². The zero-order valence-corrected chi connectivity index (χ0v) is 12.9. The first-order chi connectivity index (χ1) is 10.7. The quantitative estimate of drug-likeness (QED) is 0.799. The number of hydrogen-bond donors (Lipinski definition) is 1. The van der Waals surface area contributed by atoms with Crippen molar-refractivity contribution in [1.29, 1.82) is 0 Å². The summed E-state index contributed by atoms with van der Waals surface area (Å²) in [6, 6.07) is 9.53. The Morgan fingerprint density at radius 3 is 2.87 bits per heavy atom. The lowest BCUT2D eigenvalue weighted by molar-refractivity contribution is 0.0995. The van der Waals surface area contributed by atoms with Gasteiger partial charge in [0.15, 0.2) is 11.5 Å². The van der Waals surface area contributed by atoms with E-state index in [1.54, 1.807) is 12.3 Å². The molecule has 0 saturated heterocycles. The van der Waals surface area contributed by atoms with E-state index in [0.29, 0.717) is 6.54 Å². The van der Waals surface area contributed by atoms with Gasteiger partial charge in [0.05, 0.1) is 11.7 Å². The molecule has 0 aliphatic carbocycles. The number of amides is 1. The van der Waals surface area contributed by atoms with Gasteiger partial charge < -0.3 is 19.8 Å². The Balaban J connectivity index is 0.00000156. The van der Waals surface area contributed by atoms with Crippen molar-refractivity contribution < 1.29 is 14.3 Å². The molecule has 0 saturated carbocycles. The first-order valence-corrected chi connectivity index (χ1v) is 6.84. The van der Waals surface area contributed by atoms with Gasteiger partial charge in [-0.1, -0.05) is 6.07 Å². The second kappa shape index (κ2) is 5.81. The Labute approximate surface area is 138 Å². The third-order valence-corrected chi connectivity index (χ3v) is 3.70. The van der Waals surface area contributed by atoms with Crippen LogP contribution in [0.5, 0.6) is 11.5 Å². The fourth-order valence-electron chi connectivity index (χ4n) is 2.60. The maximum Gasteiger partial charge on any atom is 0.267 e. The van der Waals surface area contributed by atoms with Gasteiger partial charge in [0, 0.05) is 18.1 Å². The molecule has 0 bridgehead atoms. The largest absolute Gasteiger partial charge is 0.454 e. The Kier molecular flexibility index (Phi) is 3.83. The van der Waals surface area contributed by atoms with E-state index in [1.165, 1.54) is 0 Å². The summed E-state index contributed by atoms with van der Waals surface area (Å²) in [6.07, 6.45) is 3.63. The van der Waals surface area contributed by atoms with Gasteiger partial charge in [-0.25, -0.2) is 4.98 Å². The van der Waals surface area contributed by atoms with E-state index >= 15 is 0 Å². The number of carbonyl (C=O) groups is 1. The fraction of sp³-hybridized carbons (Fsp3) is 0.125. The minimum Gasteiger partial charge on any atom is -0.454 e. The molecule has 0 spiro atoms. The second-order valence-electron chi connectivity index (χ2n) is 5.12. The van der Waals surface area contributed by atoms with Crippen LogP contribution in [-0.2, 0) is 6.54 Å². The number of rotatable bonds is 3. The molecule has 3 aromatic rings. The zero-order valence-electron chi connectivity index (χ0n) is 12.1. The Morgan fingerprint density at radius 1 is 1.22 bits per heavy atom. The van der Waals surface area contributed by atoms with Gasteiger partial charge in [0.2, 0.25) is 6.79 Å². The highest BCUT2D eigenvalue weighted by Crippen LogP contribution is 2.33. The van der Waals surface area contributed by atoms with Crippen LogP contribution in [0.1, 0.15) is 16.1 Å². The van der Waals surface area contributed by atoms with Gasteiger partial charge in [-0.05, 0) is 29.8 Å². The molecule has 23 heavy (non-hydrogen) atoms. The molecule has 0 unspecified atom stereocenters. The number of primary amides is 1. The van der Waals surface area contributed by atoms with Crippen molar-refractivity contribution in [3.05, 3.63) is 54.0 Å². The van der Waals surface area contributed by atoms with Crippen LogP contribution in [0.15, 0.2) is 42.7 Å². The van der Waals surface area contributed by atoms with Crippen LogP contribution in [0.4, 0.5) is 0 Å². The molecule has 0 radical (unpaired) electrons. The monoisotopic (exact) mass is 331 g/mol. The maximum atomic E-state index is 11.2. The number of nitrogens with zero attached hydrogens (tertiary/aromatic N) is 2. The van der Waals surface area contributed by atoms with Crippen molar-refractivity contribution in [3.63, 3.8) is 0 Å².